The van der Waals surface area contributed by atoms with Crippen molar-refractivity contribution < 1.29 is 24.2 Å². The number of carboxylic acid groups (broad SMARTS) is 1. The molecular formula is C10H17NO5. The maximum atomic E-state index is 11.3. The Morgan fingerprint density at radius 2 is 2.12 bits per heavy atom. The minimum absolute atomic E-state index is 0.0243. The van der Waals surface area contributed by atoms with Crippen molar-refractivity contribution in [3.05, 3.63) is 0 Å². The lowest BCUT2D eigenvalue weighted by Crippen LogP contribution is -2.39. The third kappa shape index (κ3) is 5.67. The predicted octanol–water partition coefficient (Wildman–Crippen LogP) is -0.227. The first-order chi connectivity index (χ1) is 7.68. The first-order valence-corrected chi connectivity index (χ1v) is 5.36. The lowest BCUT2D eigenvalue weighted by Gasteiger charge is -2.23. The summed E-state index contributed by atoms with van der Waals surface area (Å²) in [5, 5.41) is 11.1. The molecule has 1 aliphatic rings. The van der Waals surface area contributed by atoms with Gasteiger partial charge in [-0.1, -0.05) is 0 Å². The maximum absolute atomic E-state index is 11.3. The molecule has 0 aromatic heterocycles. The van der Waals surface area contributed by atoms with Crippen LogP contribution in [0.2, 0.25) is 0 Å². The van der Waals surface area contributed by atoms with Crippen LogP contribution in [0, 0.1) is 0 Å². The topological polar surface area (TPSA) is 84.9 Å². The Morgan fingerprint density at radius 1 is 1.31 bits per heavy atom. The van der Waals surface area contributed by atoms with Gasteiger partial charge in [-0.3, -0.25) is 9.59 Å². The molecular weight excluding hydrogens is 214 g/mol. The third-order valence-electron chi connectivity index (χ3n) is 2.21. The number of hydrogen-bond donors (Lipinski definition) is 2. The van der Waals surface area contributed by atoms with Crippen LogP contribution in [0.3, 0.4) is 0 Å². The smallest absolute Gasteiger partial charge is 0.303 e. The van der Waals surface area contributed by atoms with E-state index in [2.05, 4.69) is 5.32 Å². The molecule has 1 unspecified atom stereocenters. The highest BCUT2D eigenvalue weighted by Crippen LogP contribution is 2.00. The van der Waals surface area contributed by atoms with Gasteiger partial charge in [-0.25, -0.2) is 0 Å². The third-order valence-corrected chi connectivity index (χ3v) is 2.21. The van der Waals surface area contributed by atoms with E-state index in [1.54, 1.807) is 0 Å². The highest BCUT2D eigenvalue weighted by molar-refractivity contribution is 5.76. The van der Waals surface area contributed by atoms with Crippen molar-refractivity contribution in [3.8, 4) is 0 Å². The molecule has 0 saturated carbocycles. The van der Waals surface area contributed by atoms with Crippen LogP contribution in [0.25, 0.3) is 0 Å². The van der Waals surface area contributed by atoms with Crippen LogP contribution in [0.5, 0.6) is 0 Å². The molecule has 1 fully saturated rings. The monoisotopic (exact) mass is 231 g/mol. The number of carbonyl (C=O) groups is 2. The minimum atomic E-state index is -0.878. The van der Waals surface area contributed by atoms with Gasteiger partial charge in [0.25, 0.3) is 0 Å². The summed E-state index contributed by atoms with van der Waals surface area (Å²) >= 11 is 0. The van der Waals surface area contributed by atoms with Gasteiger partial charge in [0.15, 0.2) is 0 Å². The van der Waals surface area contributed by atoms with Crippen LogP contribution >= 0.6 is 0 Å². The van der Waals surface area contributed by atoms with Crippen LogP contribution in [0.15, 0.2) is 0 Å². The minimum Gasteiger partial charge on any atom is -0.481 e. The van der Waals surface area contributed by atoms with Gasteiger partial charge in [-0.15, -0.1) is 0 Å². The second-order valence-corrected chi connectivity index (χ2v) is 3.62. The summed E-state index contributed by atoms with van der Waals surface area (Å²) in [6.07, 6.45) is 0.539. The fourth-order valence-corrected chi connectivity index (χ4v) is 1.37. The molecule has 2 N–H and O–H groups in total. The molecule has 1 rings (SSSR count). The average molecular weight is 231 g/mol. The summed E-state index contributed by atoms with van der Waals surface area (Å²) in [5.74, 6) is -1.02. The number of rotatable bonds is 6. The van der Waals surface area contributed by atoms with Gasteiger partial charge in [-0.2, -0.15) is 0 Å². The van der Waals surface area contributed by atoms with Crippen LogP contribution < -0.4 is 5.32 Å². The Hall–Kier alpha value is -1.14. The average Bonchev–Trinajstić information content (AvgIpc) is 2.27. The number of aliphatic carboxylic acids is 1. The SMILES string of the molecule is O=C(O)CCCC(=O)NCC1COCCO1. The molecule has 0 aromatic rings. The molecule has 1 amide bonds. The van der Waals surface area contributed by atoms with E-state index >= 15 is 0 Å². The number of carbonyl (C=O) groups excluding carboxylic acids is 1. The van der Waals surface area contributed by atoms with E-state index in [1.165, 1.54) is 0 Å². The maximum Gasteiger partial charge on any atom is 0.303 e. The first-order valence-electron chi connectivity index (χ1n) is 5.36. The van der Waals surface area contributed by atoms with Crippen LogP contribution in [-0.4, -0.2) is 49.5 Å². The van der Waals surface area contributed by atoms with E-state index in [1.807, 2.05) is 0 Å². The molecule has 0 bridgehead atoms. The molecule has 1 heterocycles. The Labute approximate surface area is 93.9 Å². The molecule has 6 heteroatoms. The summed E-state index contributed by atoms with van der Waals surface area (Å²) in [7, 11) is 0. The highest BCUT2D eigenvalue weighted by atomic mass is 16.6. The summed E-state index contributed by atoms with van der Waals surface area (Å²) in [6.45, 7) is 2.07. The van der Waals surface area contributed by atoms with Crippen molar-refractivity contribution >= 4 is 11.9 Å². The molecule has 0 aromatic carbocycles. The van der Waals surface area contributed by atoms with E-state index in [0.717, 1.165) is 0 Å². The van der Waals surface area contributed by atoms with E-state index in [4.69, 9.17) is 14.6 Å². The fraction of sp³-hybridized carbons (Fsp3) is 0.800. The van der Waals surface area contributed by atoms with Crippen molar-refractivity contribution in [1.29, 1.82) is 0 Å². The van der Waals surface area contributed by atoms with Crippen LogP contribution in [0.4, 0.5) is 0 Å². The van der Waals surface area contributed by atoms with Crippen molar-refractivity contribution in [2.75, 3.05) is 26.4 Å². The Bertz CT molecular complexity index is 237. The van der Waals surface area contributed by atoms with Gasteiger partial charge in [-0.05, 0) is 6.42 Å². The number of carboxylic acids is 1. The van der Waals surface area contributed by atoms with Gasteiger partial charge < -0.3 is 19.9 Å². The number of hydrogen-bond acceptors (Lipinski definition) is 4. The molecule has 1 aliphatic heterocycles. The first kappa shape index (κ1) is 12.9. The van der Waals surface area contributed by atoms with Gasteiger partial charge >= 0.3 is 5.97 Å². The van der Waals surface area contributed by atoms with E-state index in [0.29, 0.717) is 32.8 Å². The van der Waals surface area contributed by atoms with Gasteiger partial charge in [0, 0.05) is 19.4 Å². The number of amides is 1. The Morgan fingerprint density at radius 3 is 2.75 bits per heavy atom. The standard InChI is InChI=1S/C10H17NO5/c12-9(2-1-3-10(13)14)11-6-8-7-15-4-5-16-8/h8H,1-7H2,(H,11,12)(H,13,14). The van der Waals surface area contributed by atoms with Crippen molar-refractivity contribution in [1.82, 2.24) is 5.32 Å². The number of ether oxygens (including phenoxy) is 2. The zero-order valence-corrected chi connectivity index (χ0v) is 9.11. The van der Waals surface area contributed by atoms with Crippen molar-refractivity contribution in [2.45, 2.75) is 25.4 Å². The summed E-state index contributed by atoms with van der Waals surface area (Å²) < 4.78 is 10.5. The quantitative estimate of drug-likeness (QED) is 0.659. The zero-order chi connectivity index (χ0) is 11.8. The van der Waals surface area contributed by atoms with Crippen LogP contribution in [-0.2, 0) is 19.1 Å². The largest absolute Gasteiger partial charge is 0.481 e. The molecule has 0 aliphatic carbocycles. The van der Waals surface area contributed by atoms with Gasteiger partial charge in [0.2, 0.25) is 5.91 Å². The van der Waals surface area contributed by atoms with Crippen molar-refractivity contribution in [2.24, 2.45) is 0 Å². The lowest BCUT2D eigenvalue weighted by molar-refractivity contribution is -0.137. The summed E-state index contributed by atoms with van der Waals surface area (Å²) in [6, 6.07) is 0. The highest BCUT2D eigenvalue weighted by Gasteiger charge is 2.14. The summed E-state index contributed by atoms with van der Waals surface area (Å²) in [4.78, 5) is 21.5. The van der Waals surface area contributed by atoms with Gasteiger partial charge in [0.1, 0.15) is 0 Å². The summed E-state index contributed by atoms with van der Waals surface area (Å²) in [5.41, 5.74) is 0. The van der Waals surface area contributed by atoms with E-state index in [-0.39, 0.29) is 24.9 Å². The molecule has 16 heavy (non-hydrogen) atoms. The second-order valence-electron chi connectivity index (χ2n) is 3.62. The predicted molar refractivity (Wildman–Crippen MR) is 55.1 cm³/mol. The molecule has 92 valence electrons. The van der Waals surface area contributed by atoms with E-state index in [9.17, 15) is 9.59 Å². The lowest BCUT2D eigenvalue weighted by atomic mass is 10.2. The Balaban J connectivity index is 2.02. The molecule has 1 saturated heterocycles. The molecule has 0 spiro atoms. The number of nitrogens with one attached hydrogen (secondary N) is 1. The zero-order valence-electron chi connectivity index (χ0n) is 9.11. The fourth-order valence-electron chi connectivity index (χ4n) is 1.37. The van der Waals surface area contributed by atoms with E-state index < -0.39 is 5.97 Å². The molecule has 0 radical (unpaired) electrons. The van der Waals surface area contributed by atoms with Gasteiger partial charge in [0.05, 0.1) is 25.9 Å². The normalized spacial score (nSPS) is 20.4. The second kappa shape index (κ2) is 7.19. The molecule has 6 nitrogen and oxygen atoms in total. The Kier molecular flexibility index (Phi) is 5.81. The van der Waals surface area contributed by atoms with Crippen molar-refractivity contribution in [3.63, 3.8) is 0 Å². The van der Waals surface area contributed by atoms with Crippen LogP contribution in [0.1, 0.15) is 19.3 Å². The molecule has 1 atom stereocenters.